The van der Waals surface area contributed by atoms with Gasteiger partial charge in [-0.15, -0.1) is 0 Å². The monoisotopic (exact) mass is 169 g/mol. The molecule has 0 saturated heterocycles. The number of rotatable bonds is 4. The highest BCUT2D eigenvalue weighted by Crippen LogP contribution is 2.31. The van der Waals surface area contributed by atoms with E-state index in [1.165, 1.54) is 32.1 Å². The maximum atomic E-state index is 5.19. The van der Waals surface area contributed by atoms with E-state index in [0.717, 1.165) is 24.9 Å². The molecule has 0 aromatic rings. The van der Waals surface area contributed by atoms with E-state index in [1.807, 2.05) is 7.11 Å². The van der Waals surface area contributed by atoms with Crippen molar-refractivity contribution in [2.45, 2.75) is 38.5 Å². The van der Waals surface area contributed by atoms with Gasteiger partial charge in [-0.1, -0.05) is 32.6 Å². The van der Waals surface area contributed by atoms with Crippen LogP contribution in [0.4, 0.5) is 0 Å². The zero-order valence-electron chi connectivity index (χ0n) is 8.22. The van der Waals surface area contributed by atoms with Crippen LogP contribution in [-0.2, 0) is 4.74 Å². The lowest BCUT2D eigenvalue weighted by molar-refractivity contribution is 0.112. The lowest BCUT2D eigenvalue weighted by Crippen LogP contribution is -2.19. The first kappa shape index (κ1) is 10.0. The Labute approximate surface area is 76.5 Å². The van der Waals surface area contributed by atoms with Gasteiger partial charge in [0.1, 0.15) is 0 Å². The second kappa shape index (κ2) is 5.58. The number of methoxy groups -OCH3 is 1. The summed E-state index contributed by atoms with van der Waals surface area (Å²) in [6.45, 7) is 4.89. The smallest absolute Gasteiger partial charge is 0.0490 e. The van der Waals surface area contributed by atoms with Crippen LogP contribution in [0.2, 0.25) is 0 Å². The SMILES string of the molecule is [CH2]CCC1CCCC(COC)C1. The predicted molar refractivity (Wildman–Crippen MR) is 51.9 cm³/mol. The van der Waals surface area contributed by atoms with Gasteiger partial charge in [0.05, 0.1) is 0 Å². The molecule has 1 fully saturated rings. The normalized spacial score (nSPS) is 30.5. The Bertz CT molecular complexity index is 95.6. The quantitative estimate of drug-likeness (QED) is 0.628. The lowest BCUT2D eigenvalue weighted by Gasteiger charge is -2.28. The maximum Gasteiger partial charge on any atom is 0.0490 e. The standard InChI is InChI=1S/C11H21O/c1-3-5-10-6-4-7-11(8-10)9-12-2/h10-11H,1,3-9H2,2H3. The van der Waals surface area contributed by atoms with Crippen molar-refractivity contribution < 1.29 is 4.74 Å². The highest BCUT2D eigenvalue weighted by Gasteiger charge is 2.20. The zero-order valence-corrected chi connectivity index (χ0v) is 8.22. The molecule has 1 heteroatoms. The van der Waals surface area contributed by atoms with Crippen molar-refractivity contribution in [3.8, 4) is 0 Å². The Morgan fingerprint density at radius 3 is 2.75 bits per heavy atom. The highest BCUT2D eigenvalue weighted by molar-refractivity contribution is 4.73. The summed E-state index contributed by atoms with van der Waals surface area (Å²) in [5, 5.41) is 0. The van der Waals surface area contributed by atoms with Gasteiger partial charge in [-0.3, -0.25) is 0 Å². The third kappa shape index (κ3) is 3.14. The van der Waals surface area contributed by atoms with Gasteiger partial charge in [-0.05, 0) is 24.7 Å². The molecular formula is C11H21O. The van der Waals surface area contributed by atoms with Crippen LogP contribution in [-0.4, -0.2) is 13.7 Å². The number of hydrogen-bond acceptors (Lipinski definition) is 1. The first-order chi connectivity index (χ1) is 5.86. The third-order valence-corrected chi connectivity index (χ3v) is 2.91. The van der Waals surface area contributed by atoms with Crippen LogP contribution in [0.1, 0.15) is 38.5 Å². The average Bonchev–Trinajstić information content (AvgIpc) is 2.06. The molecule has 0 aromatic carbocycles. The van der Waals surface area contributed by atoms with Crippen molar-refractivity contribution in [2.24, 2.45) is 11.8 Å². The summed E-state index contributed by atoms with van der Waals surface area (Å²) in [4.78, 5) is 0. The minimum atomic E-state index is 0.834. The fourth-order valence-electron chi connectivity index (χ4n) is 2.34. The Balaban J connectivity index is 2.20. The summed E-state index contributed by atoms with van der Waals surface area (Å²) >= 11 is 0. The van der Waals surface area contributed by atoms with Gasteiger partial charge in [0.15, 0.2) is 0 Å². The Hall–Kier alpha value is -0.0400. The largest absolute Gasteiger partial charge is 0.384 e. The number of hydrogen-bond donors (Lipinski definition) is 0. The summed E-state index contributed by atoms with van der Waals surface area (Å²) in [6, 6.07) is 0. The van der Waals surface area contributed by atoms with Crippen LogP contribution in [0.3, 0.4) is 0 Å². The van der Waals surface area contributed by atoms with Crippen molar-refractivity contribution >= 4 is 0 Å². The third-order valence-electron chi connectivity index (χ3n) is 2.91. The van der Waals surface area contributed by atoms with E-state index in [-0.39, 0.29) is 0 Å². The van der Waals surface area contributed by atoms with E-state index in [2.05, 4.69) is 6.92 Å². The van der Waals surface area contributed by atoms with Crippen LogP contribution >= 0.6 is 0 Å². The van der Waals surface area contributed by atoms with E-state index >= 15 is 0 Å². The van der Waals surface area contributed by atoms with E-state index in [4.69, 9.17) is 4.74 Å². The molecule has 0 amide bonds. The van der Waals surface area contributed by atoms with Crippen LogP contribution in [0.15, 0.2) is 0 Å². The van der Waals surface area contributed by atoms with E-state index in [0.29, 0.717) is 0 Å². The molecule has 0 spiro atoms. The summed E-state index contributed by atoms with van der Waals surface area (Å²) in [6.07, 6.45) is 8.00. The molecule has 1 rings (SSSR count). The predicted octanol–water partition coefficient (Wildman–Crippen LogP) is 3.05. The molecule has 2 atom stereocenters. The highest BCUT2D eigenvalue weighted by atomic mass is 16.5. The zero-order chi connectivity index (χ0) is 8.81. The molecule has 2 unspecified atom stereocenters. The molecule has 1 aliphatic carbocycles. The van der Waals surface area contributed by atoms with Gasteiger partial charge >= 0.3 is 0 Å². The van der Waals surface area contributed by atoms with E-state index < -0.39 is 0 Å². The maximum absolute atomic E-state index is 5.19. The van der Waals surface area contributed by atoms with Gasteiger partial charge in [-0.25, -0.2) is 0 Å². The van der Waals surface area contributed by atoms with Crippen molar-refractivity contribution in [3.63, 3.8) is 0 Å². The van der Waals surface area contributed by atoms with E-state index in [9.17, 15) is 0 Å². The molecule has 0 aliphatic heterocycles. The van der Waals surface area contributed by atoms with Gasteiger partial charge < -0.3 is 4.74 Å². The van der Waals surface area contributed by atoms with Crippen LogP contribution in [0.5, 0.6) is 0 Å². The molecule has 1 aliphatic rings. The van der Waals surface area contributed by atoms with Gasteiger partial charge in [0.25, 0.3) is 0 Å². The molecule has 1 saturated carbocycles. The van der Waals surface area contributed by atoms with Gasteiger partial charge in [0.2, 0.25) is 0 Å². The fourth-order valence-corrected chi connectivity index (χ4v) is 2.34. The van der Waals surface area contributed by atoms with Crippen molar-refractivity contribution in [1.29, 1.82) is 0 Å². The number of ether oxygens (including phenoxy) is 1. The first-order valence-electron chi connectivity index (χ1n) is 5.15. The molecular weight excluding hydrogens is 148 g/mol. The van der Waals surface area contributed by atoms with Crippen LogP contribution in [0.25, 0.3) is 0 Å². The summed E-state index contributed by atoms with van der Waals surface area (Å²) < 4.78 is 5.19. The Morgan fingerprint density at radius 2 is 2.08 bits per heavy atom. The molecule has 1 radical (unpaired) electrons. The lowest BCUT2D eigenvalue weighted by atomic mass is 9.80. The topological polar surface area (TPSA) is 9.23 Å². The fraction of sp³-hybridized carbons (Fsp3) is 0.909. The van der Waals surface area contributed by atoms with Gasteiger partial charge in [-0.2, -0.15) is 0 Å². The molecule has 0 N–H and O–H groups in total. The second-order valence-corrected chi connectivity index (χ2v) is 4.00. The van der Waals surface area contributed by atoms with Gasteiger partial charge in [0, 0.05) is 13.7 Å². The van der Waals surface area contributed by atoms with Crippen LogP contribution in [0, 0.1) is 18.8 Å². The molecule has 71 valence electrons. The van der Waals surface area contributed by atoms with Crippen molar-refractivity contribution in [1.82, 2.24) is 0 Å². The molecule has 0 bridgehead atoms. The minimum absolute atomic E-state index is 0.834. The molecule has 1 nitrogen and oxygen atoms in total. The molecule has 0 heterocycles. The molecule has 0 aromatic heterocycles. The summed E-state index contributed by atoms with van der Waals surface area (Å²) in [7, 11) is 1.81. The Kier molecular flexibility index (Phi) is 4.67. The average molecular weight is 169 g/mol. The van der Waals surface area contributed by atoms with Crippen molar-refractivity contribution in [3.05, 3.63) is 6.92 Å². The first-order valence-corrected chi connectivity index (χ1v) is 5.15. The molecule has 12 heavy (non-hydrogen) atoms. The second-order valence-electron chi connectivity index (χ2n) is 4.00. The van der Waals surface area contributed by atoms with E-state index in [1.54, 1.807) is 0 Å². The Morgan fingerprint density at radius 1 is 1.33 bits per heavy atom. The summed E-state index contributed by atoms with van der Waals surface area (Å²) in [5.74, 6) is 1.77. The summed E-state index contributed by atoms with van der Waals surface area (Å²) in [5.41, 5.74) is 0. The minimum Gasteiger partial charge on any atom is -0.384 e. The van der Waals surface area contributed by atoms with Crippen LogP contribution < -0.4 is 0 Å². The van der Waals surface area contributed by atoms with Crippen molar-refractivity contribution in [2.75, 3.05) is 13.7 Å².